The first-order chi connectivity index (χ1) is 10.9. The van der Waals surface area contributed by atoms with E-state index in [1.54, 1.807) is 6.07 Å². The van der Waals surface area contributed by atoms with Crippen LogP contribution in [0.3, 0.4) is 0 Å². The van der Waals surface area contributed by atoms with Crippen LogP contribution in [0.1, 0.15) is 20.7 Å². The van der Waals surface area contributed by atoms with Gasteiger partial charge < -0.3 is 10.2 Å². The van der Waals surface area contributed by atoms with E-state index in [1.807, 2.05) is 0 Å². The minimum absolute atomic E-state index is 0.0342. The summed E-state index contributed by atoms with van der Waals surface area (Å²) in [5, 5.41) is 21.1. The molecule has 0 aliphatic carbocycles. The topological polar surface area (TPSA) is 112 Å². The monoisotopic (exact) mass is 349 g/mol. The molecule has 3 rings (SSSR count). The molecule has 9 heteroatoms. The Kier molecular flexibility index (Phi) is 3.85. The molecule has 0 saturated carbocycles. The van der Waals surface area contributed by atoms with E-state index in [9.17, 15) is 14.7 Å². The molecular weight excluding hydrogens is 342 g/mol. The molecule has 0 unspecified atom stereocenters. The van der Waals surface area contributed by atoms with Crippen molar-refractivity contribution < 1.29 is 19.8 Å². The van der Waals surface area contributed by atoms with E-state index in [-0.39, 0.29) is 22.0 Å². The first-order valence-electron chi connectivity index (χ1n) is 6.24. The summed E-state index contributed by atoms with van der Waals surface area (Å²) < 4.78 is 0.641. The van der Waals surface area contributed by atoms with Crippen molar-refractivity contribution in [3.8, 4) is 5.88 Å². The fourth-order valence-electron chi connectivity index (χ4n) is 1.84. The summed E-state index contributed by atoms with van der Waals surface area (Å²) >= 11 is 6.86. The Hall–Kier alpha value is -2.71. The largest absolute Gasteiger partial charge is 0.492 e. The highest BCUT2D eigenvalue weighted by molar-refractivity contribution is 7.22. The van der Waals surface area contributed by atoms with Crippen LogP contribution in [0.2, 0.25) is 5.02 Å². The Balaban J connectivity index is 1.87. The lowest BCUT2D eigenvalue weighted by Gasteiger charge is -2.02. The Morgan fingerprint density at radius 2 is 2.00 bits per heavy atom. The van der Waals surface area contributed by atoms with Gasteiger partial charge in [0.1, 0.15) is 5.02 Å². The number of benzene rings is 1. The zero-order chi connectivity index (χ0) is 16.6. The zero-order valence-corrected chi connectivity index (χ0v) is 12.9. The molecule has 1 aromatic carbocycles. The van der Waals surface area contributed by atoms with Crippen LogP contribution in [0.5, 0.6) is 5.88 Å². The van der Waals surface area contributed by atoms with Crippen molar-refractivity contribution in [3.63, 3.8) is 0 Å². The Morgan fingerprint density at radius 1 is 1.22 bits per heavy atom. The van der Waals surface area contributed by atoms with Gasteiger partial charge in [-0.2, -0.15) is 0 Å². The van der Waals surface area contributed by atoms with Crippen molar-refractivity contribution in [3.05, 3.63) is 46.6 Å². The molecule has 23 heavy (non-hydrogen) atoms. The molecule has 0 spiro atoms. The second kappa shape index (κ2) is 5.82. The van der Waals surface area contributed by atoms with Crippen LogP contribution < -0.4 is 5.32 Å². The van der Waals surface area contributed by atoms with Gasteiger partial charge >= 0.3 is 5.97 Å². The van der Waals surface area contributed by atoms with Crippen LogP contribution in [0.15, 0.2) is 30.5 Å². The molecule has 0 radical (unpaired) electrons. The van der Waals surface area contributed by atoms with Crippen molar-refractivity contribution in [2.45, 2.75) is 0 Å². The third-order valence-corrected chi connectivity index (χ3v) is 4.15. The molecule has 2 heterocycles. The molecule has 3 N–H and O–H groups in total. The number of hydrogen-bond acceptors (Lipinski definition) is 6. The van der Waals surface area contributed by atoms with E-state index < -0.39 is 11.9 Å². The number of fused-ring (bicyclic) bond motifs is 1. The molecule has 3 aromatic rings. The highest BCUT2D eigenvalue weighted by Crippen LogP contribution is 2.27. The van der Waals surface area contributed by atoms with Gasteiger partial charge in [0.25, 0.3) is 5.91 Å². The third-order valence-electron chi connectivity index (χ3n) is 2.94. The number of thiazole rings is 1. The van der Waals surface area contributed by atoms with Gasteiger partial charge in [0.15, 0.2) is 5.13 Å². The quantitative estimate of drug-likeness (QED) is 0.670. The molecule has 7 nitrogen and oxygen atoms in total. The number of pyridine rings is 1. The number of anilines is 1. The Morgan fingerprint density at radius 3 is 2.70 bits per heavy atom. The summed E-state index contributed by atoms with van der Waals surface area (Å²) in [7, 11) is 0. The molecule has 0 aliphatic rings. The highest BCUT2D eigenvalue weighted by atomic mass is 35.5. The van der Waals surface area contributed by atoms with Crippen LogP contribution in [-0.2, 0) is 0 Å². The molecular formula is C14H8ClN3O4S. The fourth-order valence-corrected chi connectivity index (χ4v) is 2.90. The predicted molar refractivity (Wildman–Crippen MR) is 85.4 cm³/mol. The maximum absolute atomic E-state index is 12.1. The zero-order valence-electron chi connectivity index (χ0n) is 11.3. The molecule has 0 atom stereocenters. The molecule has 0 aliphatic heterocycles. The lowest BCUT2D eigenvalue weighted by atomic mass is 10.2. The summed E-state index contributed by atoms with van der Waals surface area (Å²) in [6, 6.07) is 5.79. The lowest BCUT2D eigenvalue weighted by molar-refractivity contribution is 0.0697. The van der Waals surface area contributed by atoms with Crippen LogP contribution in [0.25, 0.3) is 10.2 Å². The minimum Gasteiger partial charge on any atom is -0.492 e. The van der Waals surface area contributed by atoms with Crippen LogP contribution in [0, 0.1) is 0 Å². The second-order valence-electron chi connectivity index (χ2n) is 4.49. The van der Waals surface area contributed by atoms with Gasteiger partial charge in [-0.15, -0.1) is 0 Å². The number of aromatic hydroxyl groups is 1. The summed E-state index contributed by atoms with van der Waals surface area (Å²) in [6.07, 6.45) is 1.19. The van der Waals surface area contributed by atoms with E-state index in [4.69, 9.17) is 16.7 Å². The molecule has 0 fully saturated rings. The van der Waals surface area contributed by atoms with Crippen LogP contribution in [0.4, 0.5) is 5.13 Å². The molecule has 0 bridgehead atoms. The lowest BCUT2D eigenvalue weighted by Crippen LogP contribution is -2.11. The highest BCUT2D eigenvalue weighted by Gasteiger charge is 2.13. The van der Waals surface area contributed by atoms with Gasteiger partial charge in [-0.05, 0) is 24.3 Å². The van der Waals surface area contributed by atoms with Gasteiger partial charge in [-0.1, -0.05) is 22.9 Å². The number of carboxylic acids is 1. The SMILES string of the molecule is O=C(O)c1ccc2nc(NC(=O)c3cnc(O)c(Cl)c3)sc2c1. The number of carbonyl (C=O) groups is 2. The maximum atomic E-state index is 12.1. The minimum atomic E-state index is -1.03. The van der Waals surface area contributed by atoms with Crippen LogP contribution >= 0.6 is 22.9 Å². The number of carbonyl (C=O) groups excluding carboxylic acids is 1. The van der Waals surface area contributed by atoms with E-state index in [1.165, 1.54) is 24.4 Å². The molecule has 1 amide bonds. The van der Waals surface area contributed by atoms with Crippen molar-refractivity contribution in [1.82, 2.24) is 9.97 Å². The van der Waals surface area contributed by atoms with E-state index in [0.29, 0.717) is 15.3 Å². The van der Waals surface area contributed by atoms with Gasteiger partial charge in [-0.25, -0.2) is 14.8 Å². The number of nitrogens with zero attached hydrogens (tertiary/aromatic N) is 2. The van der Waals surface area contributed by atoms with Gasteiger partial charge in [0.05, 0.1) is 21.3 Å². The average Bonchev–Trinajstić information content (AvgIpc) is 2.90. The Bertz CT molecular complexity index is 941. The van der Waals surface area contributed by atoms with Crippen molar-refractivity contribution in [1.29, 1.82) is 0 Å². The second-order valence-corrected chi connectivity index (χ2v) is 5.93. The molecule has 116 valence electrons. The number of rotatable bonds is 3. The van der Waals surface area contributed by atoms with E-state index >= 15 is 0 Å². The number of hydrogen-bond donors (Lipinski definition) is 3. The summed E-state index contributed by atoms with van der Waals surface area (Å²) in [4.78, 5) is 30.9. The average molecular weight is 350 g/mol. The number of amides is 1. The number of nitrogens with one attached hydrogen (secondary N) is 1. The van der Waals surface area contributed by atoms with E-state index in [2.05, 4.69) is 15.3 Å². The number of carboxylic acid groups (broad SMARTS) is 1. The Labute approximate surface area is 138 Å². The van der Waals surface area contributed by atoms with Crippen molar-refractivity contribution in [2.24, 2.45) is 0 Å². The van der Waals surface area contributed by atoms with E-state index in [0.717, 1.165) is 11.3 Å². The first-order valence-corrected chi connectivity index (χ1v) is 7.43. The number of aromatic carboxylic acids is 1. The van der Waals surface area contributed by atoms with Crippen molar-refractivity contribution in [2.75, 3.05) is 5.32 Å². The van der Waals surface area contributed by atoms with Gasteiger partial charge in [-0.3, -0.25) is 10.1 Å². The normalized spacial score (nSPS) is 10.7. The van der Waals surface area contributed by atoms with Crippen LogP contribution in [-0.4, -0.2) is 32.1 Å². The third kappa shape index (κ3) is 3.08. The molecule has 0 saturated heterocycles. The van der Waals surface area contributed by atoms with Gasteiger partial charge in [0, 0.05) is 6.20 Å². The fraction of sp³-hybridized carbons (Fsp3) is 0. The smallest absolute Gasteiger partial charge is 0.335 e. The maximum Gasteiger partial charge on any atom is 0.335 e. The molecule has 2 aromatic heterocycles. The summed E-state index contributed by atoms with van der Waals surface area (Å²) in [5.41, 5.74) is 0.893. The summed E-state index contributed by atoms with van der Waals surface area (Å²) in [5.74, 6) is -1.88. The first kappa shape index (κ1) is 15.2. The standard InChI is InChI=1S/C14H8ClN3O4S/c15-8-3-7(5-16-12(8)20)11(19)18-14-17-9-2-1-6(13(21)22)4-10(9)23-14/h1-5H,(H,16,20)(H,21,22)(H,17,18,19). The van der Waals surface area contributed by atoms with Gasteiger partial charge in [0.2, 0.25) is 5.88 Å². The predicted octanol–water partition coefficient (Wildman–Crippen LogP) is 3.00. The number of aromatic nitrogens is 2. The summed E-state index contributed by atoms with van der Waals surface area (Å²) in [6.45, 7) is 0. The van der Waals surface area contributed by atoms with Crippen molar-refractivity contribution >= 4 is 50.2 Å². The number of halogens is 1.